The highest BCUT2D eigenvalue weighted by Gasteiger charge is 2.24. The molecule has 1 aromatic carbocycles. The van der Waals surface area contributed by atoms with Gasteiger partial charge in [-0.2, -0.15) is 4.72 Å². The lowest BCUT2D eigenvalue weighted by Crippen LogP contribution is -2.39. The number of aromatic nitrogens is 2. The average Bonchev–Trinajstić information content (AvgIpc) is 3.30. The van der Waals surface area contributed by atoms with Crippen molar-refractivity contribution in [1.82, 2.24) is 14.9 Å². The Kier molecular flexibility index (Phi) is 5.59. The van der Waals surface area contributed by atoms with Crippen molar-refractivity contribution in [2.24, 2.45) is 0 Å². The summed E-state index contributed by atoms with van der Waals surface area (Å²) in [5.41, 5.74) is 0. The molecule has 0 saturated heterocycles. The van der Waals surface area contributed by atoms with Gasteiger partial charge in [0.25, 0.3) is 11.8 Å². The van der Waals surface area contributed by atoms with E-state index in [1.807, 2.05) is 0 Å². The van der Waals surface area contributed by atoms with Crippen LogP contribution in [-0.4, -0.2) is 30.6 Å². The predicted octanol–water partition coefficient (Wildman–Crippen LogP) is 2.39. The van der Waals surface area contributed by atoms with Crippen molar-refractivity contribution >= 4 is 27.6 Å². The minimum absolute atomic E-state index is 0.0413. The van der Waals surface area contributed by atoms with Gasteiger partial charge in [0, 0.05) is 5.02 Å². The smallest absolute Gasteiger partial charge is 0.324 e. The lowest BCUT2D eigenvalue weighted by Gasteiger charge is -2.13. The molecular formula is C16H14ClN3O6S. The fourth-order valence-electron chi connectivity index (χ4n) is 2.05. The van der Waals surface area contributed by atoms with Gasteiger partial charge in [0.2, 0.25) is 10.0 Å². The van der Waals surface area contributed by atoms with Crippen LogP contribution in [0.1, 0.15) is 12.8 Å². The standard InChI is InChI=1S/C16H14ClN3O6S/c1-10(20-27(22,23)12-5-2-4-11(17)8-12)16(21)25-9-14-18-19-15(26-14)13-6-3-7-24-13/h2-8,10,20H,9H2,1H3/t10-/m0/s1. The number of hydrogen-bond acceptors (Lipinski definition) is 8. The third-order valence-electron chi connectivity index (χ3n) is 3.33. The minimum Gasteiger partial charge on any atom is -0.459 e. The highest BCUT2D eigenvalue weighted by atomic mass is 35.5. The molecule has 0 saturated carbocycles. The second-order valence-electron chi connectivity index (χ2n) is 5.39. The molecule has 3 rings (SSSR count). The van der Waals surface area contributed by atoms with Gasteiger partial charge >= 0.3 is 5.97 Å². The van der Waals surface area contributed by atoms with E-state index in [0.717, 1.165) is 0 Å². The minimum atomic E-state index is -3.93. The zero-order chi connectivity index (χ0) is 19.4. The first-order valence-corrected chi connectivity index (χ1v) is 9.52. The Labute approximate surface area is 159 Å². The SMILES string of the molecule is C[C@H](NS(=O)(=O)c1cccc(Cl)c1)C(=O)OCc1nnc(-c2ccco2)o1. The van der Waals surface area contributed by atoms with Crippen LogP contribution in [0, 0.1) is 0 Å². The van der Waals surface area contributed by atoms with Crippen LogP contribution < -0.4 is 4.72 Å². The van der Waals surface area contributed by atoms with E-state index in [1.165, 1.54) is 31.4 Å². The molecule has 1 atom stereocenters. The van der Waals surface area contributed by atoms with Crippen molar-refractivity contribution in [3.63, 3.8) is 0 Å². The largest absolute Gasteiger partial charge is 0.459 e. The summed E-state index contributed by atoms with van der Waals surface area (Å²) in [6, 6.07) is 7.83. The van der Waals surface area contributed by atoms with Gasteiger partial charge < -0.3 is 13.6 Å². The van der Waals surface area contributed by atoms with Crippen LogP contribution in [0.25, 0.3) is 11.7 Å². The fraction of sp³-hybridized carbons (Fsp3) is 0.188. The van der Waals surface area contributed by atoms with Crippen LogP contribution >= 0.6 is 11.6 Å². The Bertz CT molecular complexity index is 1030. The van der Waals surface area contributed by atoms with Crippen LogP contribution in [0.2, 0.25) is 5.02 Å². The molecule has 1 N–H and O–H groups in total. The summed E-state index contributed by atoms with van der Waals surface area (Å²) in [6.07, 6.45) is 1.45. The Morgan fingerprint density at radius 3 is 2.81 bits per heavy atom. The number of sulfonamides is 1. The quantitative estimate of drug-likeness (QED) is 0.587. The number of nitrogens with one attached hydrogen (secondary N) is 1. The fourth-order valence-corrected chi connectivity index (χ4v) is 3.55. The molecule has 2 aromatic heterocycles. The summed E-state index contributed by atoms with van der Waals surface area (Å²) < 4.78 is 42.2. The molecule has 2 heterocycles. The van der Waals surface area contributed by atoms with Gasteiger partial charge in [0.15, 0.2) is 12.4 Å². The van der Waals surface area contributed by atoms with E-state index in [-0.39, 0.29) is 28.3 Å². The molecule has 3 aromatic rings. The van der Waals surface area contributed by atoms with E-state index < -0.39 is 22.0 Å². The maximum Gasteiger partial charge on any atom is 0.324 e. The summed E-state index contributed by atoms with van der Waals surface area (Å²) >= 11 is 5.79. The number of benzene rings is 1. The first-order chi connectivity index (χ1) is 12.8. The Balaban J connectivity index is 1.58. The normalized spacial score (nSPS) is 12.7. The number of hydrogen-bond donors (Lipinski definition) is 1. The van der Waals surface area contributed by atoms with Crippen molar-refractivity contribution in [2.75, 3.05) is 0 Å². The van der Waals surface area contributed by atoms with E-state index in [1.54, 1.807) is 18.2 Å². The van der Waals surface area contributed by atoms with Crippen molar-refractivity contribution < 1.29 is 26.8 Å². The molecule has 0 spiro atoms. The van der Waals surface area contributed by atoms with Crippen molar-refractivity contribution in [2.45, 2.75) is 24.5 Å². The molecule has 0 aliphatic carbocycles. The molecule has 0 bridgehead atoms. The lowest BCUT2D eigenvalue weighted by atomic mass is 10.4. The maximum atomic E-state index is 12.3. The second kappa shape index (κ2) is 7.91. The Hall–Kier alpha value is -2.69. The monoisotopic (exact) mass is 411 g/mol. The maximum absolute atomic E-state index is 12.3. The van der Waals surface area contributed by atoms with Gasteiger partial charge in [-0.05, 0) is 37.3 Å². The zero-order valence-corrected chi connectivity index (χ0v) is 15.5. The van der Waals surface area contributed by atoms with E-state index in [9.17, 15) is 13.2 Å². The Morgan fingerprint density at radius 2 is 2.11 bits per heavy atom. The van der Waals surface area contributed by atoms with Crippen LogP contribution in [-0.2, 0) is 26.2 Å². The van der Waals surface area contributed by atoms with Gasteiger partial charge in [0.1, 0.15) is 6.04 Å². The van der Waals surface area contributed by atoms with E-state index in [2.05, 4.69) is 14.9 Å². The summed E-state index contributed by atoms with van der Waals surface area (Å²) in [5, 5.41) is 7.75. The number of halogens is 1. The molecule has 0 aliphatic heterocycles. The van der Waals surface area contributed by atoms with E-state index in [0.29, 0.717) is 5.76 Å². The summed E-state index contributed by atoms with van der Waals surface area (Å²) in [4.78, 5) is 12.0. The summed E-state index contributed by atoms with van der Waals surface area (Å²) in [7, 11) is -3.93. The summed E-state index contributed by atoms with van der Waals surface area (Å²) in [6.45, 7) is 1.04. The molecule has 11 heteroatoms. The third kappa shape index (κ3) is 4.73. The van der Waals surface area contributed by atoms with Gasteiger partial charge in [-0.15, -0.1) is 10.2 Å². The molecule has 27 heavy (non-hydrogen) atoms. The number of furan rings is 1. The van der Waals surface area contributed by atoms with E-state index >= 15 is 0 Å². The van der Waals surface area contributed by atoms with Gasteiger partial charge in [-0.25, -0.2) is 8.42 Å². The second-order valence-corrected chi connectivity index (χ2v) is 7.54. The average molecular weight is 412 g/mol. The number of nitrogens with zero attached hydrogens (tertiary/aromatic N) is 2. The van der Waals surface area contributed by atoms with Crippen molar-refractivity contribution in [3.05, 3.63) is 53.6 Å². The highest BCUT2D eigenvalue weighted by Crippen LogP contribution is 2.18. The molecule has 0 unspecified atom stereocenters. The molecule has 9 nitrogen and oxygen atoms in total. The zero-order valence-electron chi connectivity index (χ0n) is 14.0. The van der Waals surface area contributed by atoms with Crippen LogP contribution in [0.3, 0.4) is 0 Å². The highest BCUT2D eigenvalue weighted by molar-refractivity contribution is 7.89. The Morgan fingerprint density at radius 1 is 1.30 bits per heavy atom. The summed E-state index contributed by atoms with van der Waals surface area (Å²) in [5.74, 6) is -0.249. The molecule has 0 radical (unpaired) electrons. The number of carbonyl (C=O) groups is 1. The van der Waals surface area contributed by atoms with Crippen molar-refractivity contribution in [3.8, 4) is 11.7 Å². The van der Waals surface area contributed by atoms with Gasteiger partial charge in [0.05, 0.1) is 11.2 Å². The number of esters is 1. The first-order valence-electron chi connectivity index (χ1n) is 7.66. The lowest BCUT2D eigenvalue weighted by molar-refractivity contribution is -0.147. The van der Waals surface area contributed by atoms with E-state index in [4.69, 9.17) is 25.2 Å². The molecule has 0 aliphatic rings. The predicted molar refractivity (Wildman–Crippen MR) is 93.0 cm³/mol. The number of rotatable bonds is 7. The topological polar surface area (TPSA) is 125 Å². The molecule has 0 fully saturated rings. The molecule has 142 valence electrons. The first kappa shape index (κ1) is 19.1. The van der Waals surface area contributed by atoms with Crippen molar-refractivity contribution in [1.29, 1.82) is 0 Å². The van der Waals surface area contributed by atoms with Crippen LogP contribution in [0.4, 0.5) is 0 Å². The van der Waals surface area contributed by atoms with Gasteiger partial charge in [-0.1, -0.05) is 17.7 Å². The van der Waals surface area contributed by atoms with Crippen LogP contribution in [0.15, 0.2) is 56.4 Å². The number of ether oxygens (including phenoxy) is 1. The van der Waals surface area contributed by atoms with Gasteiger partial charge in [-0.3, -0.25) is 4.79 Å². The third-order valence-corrected chi connectivity index (χ3v) is 5.10. The molecule has 0 amide bonds. The number of carbonyl (C=O) groups excluding carboxylic acids is 1. The van der Waals surface area contributed by atoms with Crippen LogP contribution in [0.5, 0.6) is 0 Å². The molecular weight excluding hydrogens is 398 g/mol.